The molecule has 0 amide bonds. The molecule has 12 heteroatoms. The summed E-state index contributed by atoms with van der Waals surface area (Å²) in [5.41, 5.74) is -1.36. The standard InChI is InChI=1S/C20H20F4O8/c21-5-9-29-17(25)15(18(26)30-10-6-22)13-1-2-14(4-3-13)16(19(27)31-11-7-23)20(28)32-12-8-24/h1-4H,5-12H2. The van der Waals surface area contributed by atoms with E-state index in [9.17, 15) is 36.7 Å². The van der Waals surface area contributed by atoms with E-state index in [1.54, 1.807) is 0 Å². The normalized spacial score (nSPS) is 10.1. The quantitative estimate of drug-likeness (QED) is 0.185. The van der Waals surface area contributed by atoms with Crippen LogP contribution in [-0.4, -0.2) is 77.0 Å². The minimum Gasteiger partial charge on any atom is -0.459 e. The number of halogens is 4. The Morgan fingerprint density at radius 2 is 0.719 bits per heavy atom. The monoisotopic (exact) mass is 464 g/mol. The van der Waals surface area contributed by atoms with Crippen molar-refractivity contribution in [2.45, 2.75) is 0 Å². The van der Waals surface area contributed by atoms with E-state index in [0.717, 1.165) is 24.3 Å². The largest absolute Gasteiger partial charge is 0.459 e. The van der Waals surface area contributed by atoms with Crippen LogP contribution in [-0.2, 0) is 38.1 Å². The molecule has 1 rings (SSSR count). The number of esters is 4. The van der Waals surface area contributed by atoms with Gasteiger partial charge in [0.15, 0.2) is 11.1 Å². The summed E-state index contributed by atoms with van der Waals surface area (Å²) in [4.78, 5) is 48.5. The summed E-state index contributed by atoms with van der Waals surface area (Å²) in [6.45, 7) is -6.64. The Balaban J connectivity index is 3.54. The van der Waals surface area contributed by atoms with E-state index in [-0.39, 0.29) is 10.4 Å². The Bertz CT molecular complexity index is 790. The minimum absolute atomic E-state index is 0.116. The number of hydrogen-bond donors (Lipinski definition) is 0. The Labute approximate surface area is 179 Å². The molecule has 0 saturated heterocycles. The van der Waals surface area contributed by atoms with Gasteiger partial charge in [-0.2, -0.15) is 0 Å². The second-order valence-electron chi connectivity index (χ2n) is 5.63. The van der Waals surface area contributed by atoms with Gasteiger partial charge in [0.25, 0.3) is 0 Å². The Morgan fingerprint density at radius 3 is 0.906 bits per heavy atom. The molecule has 0 saturated carbocycles. The van der Waals surface area contributed by atoms with Crippen molar-refractivity contribution >= 4 is 35.0 Å². The first-order chi connectivity index (χ1) is 15.4. The first kappa shape index (κ1) is 26.6. The molecule has 0 aliphatic rings. The third-order valence-electron chi connectivity index (χ3n) is 3.52. The van der Waals surface area contributed by atoms with Crippen LogP contribution in [0.25, 0.3) is 11.1 Å². The number of benzene rings is 1. The maximum Gasteiger partial charge on any atom is 0.346 e. The molecule has 8 nitrogen and oxygen atoms in total. The van der Waals surface area contributed by atoms with Crippen molar-refractivity contribution in [3.8, 4) is 0 Å². The lowest BCUT2D eigenvalue weighted by Crippen LogP contribution is -2.28. The molecule has 0 heterocycles. The van der Waals surface area contributed by atoms with Gasteiger partial charge in [-0.05, 0) is 10.4 Å². The lowest BCUT2D eigenvalue weighted by molar-refractivity contribution is -0.145. The highest BCUT2D eigenvalue weighted by molar-refractivity contribution is 6.37. The molecule has 0 radical (unpaired) electrons. The summed E-state index contributed by atoms with van der Waals surface area (Å²) in [6, 6.07) is 4.46. The van der Waals surface area contributed by atoms with E-state index < -0.39 is 88.1 Å². The van der Waals surface area contributed by atoms with Crippen molar-refractivity contribution in [1.29, 1.82) is 0 Å². The lowest BCUT2D eigenvalue weighted by Gasteiger charge is -2.08. The molecule has 0 bridgehead atoms. The second kappa shape index (κ2) is 14.5. The number of alkyl halides is 4. The fraction of sp³-hybridized carbons (Fsp3) is 0.400. The number of hydrogen-bond acceptors (Lipinski definition) is 8. The lowest BCUT2D eigenvalue weighted by atomic mass is 10.1. The molecule has 1 aromatic rings. The zero-order valence-electron chi connectivity index (χ0n) is 16.7. The van der Waals surface area contributed by atoms with Crippen molar-refractivity contribution in [3.05, 3.63) is 34.7 Å². The van der Waals surface area contributed by atoms with Gasteiger partial charge in [0.1, 0.15) is 53.1 Å². The van der Waals surface area contributed by atoms with Crippen LogP contribution in [0.5, 0.6) is 0 Å². The summed E-state index contributed by atoms with van der Waals surface area (Å²) in [5, 5.41) is -0.231. The molecule has 0 fully saturated rings. The van der Waals surface area contributed by atoms with Crippen LogP contribution >= 0.6 is 0 Å². The third kappa shape index (κ3) is 8.00. The molecule has 1 aromatic carbocycles. The fourth-order valence-corrected chi connectivity index (χ4v) is 2.26. The van der Waals surface area contributed by atoms with E-state index >= 15 is 0 Å². The van der Waals surface area contributed by atoms with Gasteiger partial charge in [0, 0.05) is 0 Å². The Hall–Kier alpha value is -3.44. The average molecular weight is 464 g/mol. The maximum absolute atomic E-state index is 12.3. The molecule has 0 atom stereocenters. The SMILES string of the molecule is O=C(OCCF)C(C(=O)OCCF)=c1ccc(=C(C(=O)OCCF)C(=O)OCCF)cc1. The van der Waals surface area contributed by atoms with E-state index in [1.807, 2.05) is 0 Å². The zero-order valence-corrected chi connectivity index (χ0v) is 16.7. The van der Waals surface area contributed by atoms with Gasteiger partial charge in [-0.3, -0.25) is 0 Å². The first-order valence-electron chi connectivity index (χ1n) is 9.18. The first-order valence-corrected chi connectivity index (χ1v) is 9.18. The van der Waals surface area contributed by atoms with Crippen molar-refractivity contribution in [2.75, 3.05) is 53.1 Å². The van der Waals surface area contributed by atoms with Crippen LogP contribution in [0.1, 0.15) is 0 Å². The van der Waals surface area contributed by atoms with E-state index in [2.05, 4.69) is 18.9 Å². The van der Waals surface area contributed by atoms with Gasteiger partial charge < -0.3 is 18.9 Å². The van der Waals surface area contributed by atoms with E-state index in [1.165, 1.54) is 0 Å². The maximum atomic E-state index is 12.3. The second-order valence-corrected chi connectivity index (χ2v) is 5.63. The number of carbonyl (C=O) groups is 4. The van der Waals surface area contributed by atoms with Gasteiger partial charge in [-0.25, -0.2) is 36.7 Å². The van der Waals surface area contributed by atoms with Crippen LogP contribution in [0.15, 0.2) is 24.3 Å². The highest BCUT2D eigenvalue weighted by Gasteiger charge is 2.24. The van der Waals surface area contributed by atoms with Gasteiger partial charge in [-0.15, -0.1) is 0 Å². The fourth-order valence-electron chi connectivity index (χ4n) is 2.26. The number of carbonyl (C=O) groups excluding carboxylic acids is 4. The summed E-state index contributed by atoms with van der Waals surface area (Å²) >= 11 is 0. The van der Waals surface area contributed by atoms with Crippen LogP contribution in [0.4, 0.5) is 17.6 Å². The molecule has 176 valence electrons. The topological polar surface area (TPSA) is 105 Å². The van der Waals surface area contributed by atoms with Gasteiger partial charge in [0.2, 0.25) is 0 Å². The summed E-state index contributed by atoms with van der Waals surface area (Å²) in [7, 11) is 0. The van der Waals surface area contributed by atoms with Crippen LogP contribution in [0.3, 0.4) is 0 Å². The predicted octanol–water partition coefficient (Wildman–Crippen LogP) is 0.0388. The summed E-state index contributed by atoms with van der Waals surface area (Å²) < 4.78 is 67.5. The minimum atomic E-state index is -1.24. The third-order valence-corrected chi connectivity index (χ3v) is 3.52. The number of rotatable bonds is 12. The zero-order chi connectivity index (χ0) is 23.9. The summed E-state index contributed by atoms with van der Waals surface area (Å²) in [6.07, 6.45) is 0. The molecule has 0 N–H and O–H groups in total. The van der Waals surface area contributed by atoms with Crippen molar-refractivity contribution in [2.24, 2.45) is 0 Å². The molecule has 0 aliphatic heterocycles. The predicted molar refractivity (Wildman–Crippen MR) is 100 cm³/mol. The van der Waals surface area contributed by atoms with Crippen molar-refractivity contribution < 1.29 is 55.7 Å². The summed E-state index contributed by atoms with van der Waals surface area (Å²) in [5.74, 6) is -4.97. The van der Waals surface area contributed by atoms with Gasteiger partial charge >= 0.3 is 23.9 Å². The van der Waals surface area contributed by atoms with Crippen LogP contribution in [0.2, 0.25) is 0 Å². The molecule has 0 aliphatic carbocycles. The van der Waals surface area contributed by atoms with Crippen molar-refractivity contribution in [1.82, 2.24) is 0 Å². The number of ether oxygens (including phenoxy) is 4. The Morgan fingerprint density at radius 1 is 0.500 bits per heavy atom. The van der Waals surface area contributed by atoms with E-state index in [0.29, 0.717) is 0 Å². The Kier molecular flexibility index (Phi) is 12.1. The molecule has 0 unspecified atom stereocenters. The highest BCUT2D eigenvalue weighted by atomic mass is 19.1. The molecular weight excluding hydrogens is 444 g/mol. The average Bonchev–Trinajstić information content (AvgIpc) is 2.79. The van der Waals surface area contributed by atoms with Gasteiger partial charge in [0.05, 0.1) is 0 Å². The highest BCUT2D eigenvalue weighted by Crippen LogP contribution is 2.04. The molecule has 32 heavy (non-hydrogen) atoms. The van der Waals surface area contributed by atoms with Crippen molar-refractivity contribution in [3.63, 3.8) is 0 Å². The van der Waals surface area contributed by atoms with Crippen LogP contribution in [0, 0.1) is 0 Å². The molecule has 0 spiro atoms. The van der Waals surface area contributed by atoms with Gasteiger partial charge in [-0.1, -0.05) is 24.3 Å². The van der Waals surface area contributed by atoms with Crippen LogP contribution < -0.4 is 10.4 Å². The molecule has 0 aromatic heterocycles. The van der Waals surface area contributed by atoms with E-state index in [4.69, 9.17) is 0 Å². The smallest absolute Gasteiger partial charge is 0.346 e. The molecular formula is C20H20F4O8.